The van der Waals surface area contributed by atoms with Gasteiger partial charge in [-0.3, -0.25) is 9.59 Å². The summed E-state index contributed by atoms with van der Waals surface area (Å²) in [4.78, 5) is 45.6. The van der Waals surface area contributed by atoms with Crippen LogP contribution in [0, 0.1) is 6.92 Å². The molecule has 27 heavy (non-hydrogen) atoms. The third-order valence-corrected chi connectivity index (χ3v) is 4.92. The predicted octanol–water partition coefficient (Wildman–Crippen LogP) is 1.76. The Morgan fingerprint density at radius 1 is 0.778 bits per heavy atom. The standard InChI is InChI=1S/C20H20N4O3/c1-13-2-4-14(5-3-13)18(25)23-8-10-24(11-9-23)19(26)15-6-7-16-17(12-15)22-20(27)21-16/h2-7,12H,8-11H2,1H3,(H2,21,22,27). The Labute approximate surface area is 155 Å². The van der Waals surface area contributed by atoms with Crippen molar-refractivity contribution in [3.8, 4) is 0 Å². The number of fused-ring (bicyclic) bond motifs is 1. The molecule has 0 unspecified atom stereocenters. The van der Waals surface area contributed by atoms with Crippen LogP contribution in [0.5, 0.6) is 0 Å². The van der Waals surface area contributed by atoms with Crippen molar-refractivity contribution < 1.29 is 9.59 Å². The fraction of sp³-hybridized carbons (Fsp3) is 0.250. The largest absolute Gasteiger partial charge is 0.335 e. The second-order valence-electron chi connectivity index (χ2n) is 6.79. The summed E-state index contributed by atoms with van der Waals surface area (Å²) in [5.74, 6) is -0.102. The fourth-order valence-electron chi connectivity index (χ4n) is 3.34. The van der Waals surface area contributed by atoms with E-state index in [2.05, 4.69) is 9.97 Å². The molecule has 1 aliphatic heterocycles. The van der Waals surface area contributed by atoms with Crippen LogP contribution in [0.15, 0.2) is 47.3 Å². The monoisotopic (exact) mass is 364 g/mol. The van der Waals surface area contributed by atoms with Gasteiger partial charge in [0.1, 0.15) is 0 Å². The molecule has 1 fully saturated rings. The maximum Gasteiger partial charge on any atom is 0.323 e. The number of piperazine rings is 1. The first-order valence-electron chi connectivity index (χ1n) is 8.88. The van der Waals surface area contributed by atoms with Gasteiger partial charge in [0, 0.05) is 37.3 Å². The van der Waals surface area contributed by atoms with Crippen LogP contribution in [-0.2, 0) is 0 Å². The number of carbonyl (C=O) groups excluding carboxylic acids is 2. The molecule has 2 N–H and O–H groups in total. The van der Waals surface area contributed by atoms with Crippen LogP contribution in [0.3, 0.4) is 0 Å². The molecule has 1 aromatic heterocycles. The molecule has 7 nitrogen and oxygen atoms in total. The number of aryl methyl sites for hydroxylation is 1. The maximum atomic E-state index is 12.8. The second kappa shape index (κ2) is 6.75. The van der Waals surface area contributed by atoms with E-state index in [1.54, 1.807) is 28.0 Å². The second-order valence-corrected chi connectivity index (χ2v) is 6.79. The van der Waals surface area contributed by atoms with Gasteiger partial charge in [-0.15, -0.1) is 0 Å². The molecular formula is C20H20N4O3. The van der Waals surface area contributed by atoms with E-state index in [4.69, 9.17) is 0 Å². The highest BCUT2D eigenvalue weighted by Crippen LogP contribution is 2.15. The highest BCUT2D eigenvalue weighted by atomic mass is 16.2. The number of amides is 2. The maximum absolute atomic E-state index is 12.8. The quantitative estimate of drug-likeness (QED) is 0.726. The van der Waals surface area contributed by atoms with Crippen molar-refractivity contribution in [2.24, 2.45) is 0 Å². The van der Waals surface area contributed by atoms with Crippen molar-refractivity contribution in [3.63, 3.8) is 0 Å². The van der Waals surface area contributed by atoms with E-state index in [0.717, 1.165) is 5.56 Å². The van der Waals surface area contributed by atoms with Crippen LogP contribution in [0.2, 0.25) is 0 Å². The molecule has 0 spiro atoms. The normalized spacial score (nSPS) is 14.6. The molecule has 4 rings (SSSR count). The smallest absolute Gasteiger partial charge is 0.323 e. The van der Waals surface area contributed by atoms with Crippen molar-refractivity contribution in [2.45, 2.75) is 6.92 Å². The number of carbonyl (C=O) groups is 2. The van der Waals surface area contributed by atoms with Crippen LogP contribution >= 0.6 is 0 Å². The van der Waals surface area contributed by atoms with Gasteiger partial charge in [0.15, 0.2) is 0 Å². The Hall–Kier alpha value is -3.35. The number of aromatic amines is 2. The minimum Gasteiger partial charge on any atom is -0.335 e. The molecule has 138 valence electrons. The third kappa shape index (κ3) is 3.36. The number of aromatic nitrogens is 2. The minimum atomic E-state index is -0.294. The van der Waals surface area contributed by atoms with Gasteiger partial charge in [-0.05, 0) is 37.3 Å². The van der Waals surface area contributed by atoms with Gasteiger partial charge in [0.2, 0.25) is 0 Å². The van der Waals surface area contributed by atoms with E-state index in [1.165, 1.54) is 0 Å². The van der Waals surface area contributed by atoms with Gasteiger partial charge < -0.3 is 19.8 Å². The van der Waals surface area contributed by atoms with Crippen LogP contribution in [-0.4, -0.2) is 57.8 Å². The Balaban J connectivity index is 1.43. The molecule has 7 heteroatoms. The highest BCUT2D eigenvalue weighted by Gasteiger charge is 2.25. The molecule has 2 aromatic carbocycles. The lowest BCUT2D eigenvalue weighted by atomic mass is 10.1. The fourth-order valence-corrected chi connectivity index (χ4v) is 3.34. The molecule has 0 saturated carbocycles. The average molecular weight is 364 g/mol. The van der Waals surface area contributed by atoms with Crippen molar-refractivity contribution in [1.29, 1.82) is 0 Å². The molecule has 1 aliphatic rings. The van der Waals surface area contributed by atoms with Gasteiger partial charge in [-0.2, -0.15) is 0 Å². The summed E-state index contributed by atoms with van der Waals surface area (Å²) >= 11 is 0. The van der Waals surface area contributed by atoms with E-state index < -0.39 is 0 Å². The number of hydrogen-bond donors (Lipinski definition) is 2. The lowest BCUT2D eigenvalue weighted by Crippen LogP contribution is -2.50. The minimum absolute atomic E-state index is 0.00610. The van der Waals surface area contributed by atoms with E-state index in [1.807, 2.05) is 31.2 Å². The summed E-state index contributed by atoms with van der Waals surface area (Å²) in [5, 5.41) is 0. The molecule has 0 bridgehead atoms. The average Bonchev–Trinajstić information content (AvgIpc) is 3.07. The molecule has 0 atom stereocenters. The summed E-state index contributed by atoms with van der Waals surface area (Å²) in [6.45, 7) is 3.96. The molecule has 1 saturated heterocycles. The van der Waals surface area contributed by atoms with Crippen LogP contribution in [0.4, 0.5) is 0 Å². The lowest BCUT2D eigenvalue weighted by molar-refractivity contribution is 0.0535. The third-order valence-electron chi connectivity index (χ3n) is 4.92. The Bertz CT molecular complexity index is 1060. The van der Waals surface area contributed by atoms with E-state index in [9.17, 15) is 14.4 Å². The van der Waals surface area contributed by atoms with E-state index in [-0.39, 0.29) is 17.5 Å². The first kappa shape index (κ1) is 17.1. The van der Waals surface area contributed by atoms with Crippen LogP contribution in [0.1, 0.15) is 26.3 Å². The van der Waals surface area contributed by atoms with Crippen LogP contribution < -0.4 is 5.69 Å². The summed E-state index contributed by atoms with van der Waals surface area (Å²) < 4.78 is 0. The van der Waals surface area contributed by atoms with Gasteiger partial charge >= 0.3 is 5.69 Å². The first-order valence-corrected chi connectivity index (χ1v) is 8.88. The molecule has 0 radical (unpaired) electrons. The Morgan fingerprint density at radius 3 is 1.93 bits per heavy atom. The summed E-state index contributed by atoms with van der Waals surface area (Å²) in [6, 6.07) is 12.6. The lowest BCUT2D eigenvalue weighted by Gasteiger charge is -2.35. The summed E-state index contributed by atoms with van der Waals surface area (Å²) in [6.07, 6.45) is 0. The first-order chi connectivity index (χ1) is 13.0. The zero-order chi connectivity index (χ0) is 19.0. The topological polar surface area (TPSA) is 89.3 Å². The van der Waals surface area contributed by atoms with Crippen LogP contribution in [0.25, 0.3) is 11.0 Å². The number of imidazole rings is 1. The number of rotatable bonds is 2. The zero-order valence-corrected chi connectivity index (χ0v) is 15.0. The SMILES string of the molecule is Cc1ccc(C(=O)N2CCN(C(=O)c3ccc4[nH]c(=O)[nH]c4c3)CC2)cc1. The van der Waals surface area contributed by atoms with Crippen molar-refractivity contribution in [1.82, 2.24) is 19.8 Å². The van der Waals surface area contributed by atoms with Gasteiger partial charge in [-0.1, -0.05) is 17.7 Å². The number of hydrogen-bond acceptors (Lipinski definition) is 3. The number of nitrogens with zero attached hydrogens (tertiary/aromatic N) is 2. The van der Waals surface area contributed by atoms with Gasteiger partial charge in [0.25, 0.3) is 11.8 Å². The Morgan fingerprint density at radius 2 is 1.30 bits per heavy atom. The van der Waals surface area contributed by atoms with Crippen molar-refractivity contribution in [3.05, 3.63) is 69.6 Å². The van der Waals surface area contributed by atoms with E-state index >= 15 is 0 Å². The molecule has 0 aliphatic carbocycles. The highest BCUT2D eigenvalue weighted by molar-refractivity contribution is 5.98. The van der Waals surface area contributed by atoms with Crippen molar-refractivity contribution in [2.75, 3.05) is 26.2 Å². The Kier molecular flexibility index (Phi) is 4.27. The zero-order valence-electron chi connectivity index (χ0n) is 15.0. The number of H-pyrrole nitrogens is 2. The van der Waals surface area contributed by atoms with Crippen molar-refractivity contribution >= 4 is 22.8 Å². The molecule has 2 heterocycles. The van der Waals surface area contributed by atoms with Gasteiger partial charge in [-0.25, -0.2) is 4.79 Å². The summed E-state index contributed by atoms with van der Waals surface area (Å²) in [7, 11) is 0. The number of benzene rings is 2. The number of nitrogens with one attached hydrogen (secondary N) is 2. The van der Waals surface area contributed by atoms with E-state index in [0.29, 0.717) is 48.3 Å². The predicted molar refractivity (Wildman–Crippen MR) is 102 cm³/mol. The summed E-state index contributed by atoms with van der Waals surface area (Å²) in [5.41, 5.74) is 3.29. The molecule has 2 amide bonds. The molecular weight excluding hydrogens is 344 g/mol. The van der Waals surface area contributed by atoms with Gasteiger partial charge in [0.05, 0.1) is 11.0 Å². The molecule has 3 aromatic rings.